The summed E-state index contributed by atoms with van der Waals surface area (Å²) in [6.45, 7) is -2.44. The summed E-state index contributed by atoms with van der Waals surface area (Å²) in [5.41, 5.74) is 0.607. The van der Waals surface area contributed by atoms with E-state index in [0.29, 0.717) is 5.56 Å². The lowest BCUT2D eigenvalue weighted by atomic mass is 10.2. The second-order valence-electron chi connectivity index (χ2n) is 6.96. The van der Waals surface area contributed by atoms with Crippen LogP contribution in [0.3, 0.4) is 0 Å². The molecule has 0 bridgehead atoms. The minimum atomic E-state index is -3.85. The molecule has 2 aromatic carbocycles. The number of nitrogens with zero attached hydrogens (tertiary/aromatic N) is 3. The SMILES string of the molecule is COc1cc(/C=C/C(=O)N2CCN(S(=O)(=O)c3ccccc3C#N)CC2)ccc1OC(F)F. The molecule has 1 fully saturated rings. The quantitative estimate of drug-likeness (QED) is 0.569. The smallest absolute Gasteiger partial charge is 0.387 e. The largest absolute Gasteiger partial charge is 0.493 e. The lowest BCUT2D eigenvalue weighted by molar-refractivity contribution is -0.127. The van der Waals surface area contributed by atoms with Gasteiger partial charge in [0.15, 0.2) is 11.5 Å². The van der Waals surface area contributed by atoms with Gasteiger partial charge < -0.3 is 14.4 Å². The number of methoxy groups -OCH3 is 1. The Kier molecular flexibility index (Phi) is 7.63. The first-order valence-electron chi connectivity index (χ1n) is 9.85. The van der Waals surface area contributed by atoms with E-state index in [1.807, 2.05) is 6.07 Å². The lowest BCUT2D eigenvalue weighted by Gasteiger charge is -2.33. The van der Waals surface area contributed by atoms with Crippen molar-refractivity contribution in [1.29, 1.82) is 5.26 Å². The summed E-state index contributed by atoms with van der Waals surface area (Å²) >= 11 is 0. The summed E-state index contributed by atoms with van der Waals surface area (Å²) < 4.78 is 61.3. The van der Waals surface area contributed by atoms with Gasteiger partial charge in [-0.25, -0.2) is 8.42 Å². The second-order valence-corrected chi connectivity index (χ2v) is 8.87. The fraction of sp³-hybridized carbons (Fsp3) is 0.273. The average molecular weight is 477 g/mol. The van der Waals surface area contributed by atoms with Crippen molar-refractivity contribution in [2.75, 3.05) is 33.3 Å². The Hall–Kier alpha value is -3.49. The van der Waals surface area contributed by atoms with Gasteiger partial charge in [-0.2, -0.15) is 18.3 Å². The molecule has 2 aromatic rings. The van der Waals surface area contributed by atoms with Gasteiger partial charge in [-0.05, 0) is 35.9 Å². The fourth-order valence-corrected chi connectivity index (χ4v) is 4.89. The number of carbonyl (C=O) groups is 1. The zero-order valence-corrected chi connectivity index (χ0v) is 18.5. The van der Waals surface area contributed by atoms with Crippen molar-refractivity contribution in [3.63, 3.8) is 0 Å². The number of sulfonamides is 1. The number of benzene rings is 2. The zero-order chi connectivity index (χ0) is 24.0. The van der Waals surface area contributed by atoms with Gasteiger partial charge in [-0.1, -0.05) is 18.2 Å². The van der Waals surface area contributed by atoms with Crippen LogP contribution in [0.1, 0.15) is 11.1 Å². The Labute approximate surface area is 190 Å². The van der Waals surface area contributed by atoms with E-state index in [9.17, 15) is 27.3 Å². The third-order valence-corrected chi connectivity index (χ3v) is 6.95. The van der Waals surface area contributed by atoms with Crippen LogP contribution < -0.4 is 9.47 Å². The number of hydrogen-bond acceptors (Lipinski definition) is 6. The molecule has 1 saturated heterocycles. The lowest BCUT2D eigenvalue weighted by Crippen LogP contribution is -2.50. The average Bonchev–Trinajstić information content (AvgIpc) is 2.82. The van der Waals surface area contributed by atoms with Crippen molar-refractivity contribution < 1.29 is 31.5 Å². The standard InChI is InChI=1S/C22H21F2N3O5S/c1-31-19-14-16(6-8-18(19)32-22(23)24)7-9-21(28)26-10-12-27(13-11-26)33(29,30)20-5-3-2-4-17(20)15-25/h2-9,14,22H,10-13H2,1H3/b9-7+. The van der Waals surface area contributed by atoms with Crippen LogP contribution in [0.2, 0.25) is 0 Å². The van der Waals surface area contributed by atoms with Gasteiger partial charge in [-0.3, -0.25) is 4.79 Å². The Balaban J connectivity index is 1.64. The molecule has 1 aliphatic rings. The molecule has 33 heavy (non-hydrogen) atoms. The topological polar surface area (TPSA) is 99.9 Å². The molecule has 0 unspecified atom stereocenters. The van der Waals surface area contributed by atoms with E-state index in [-0.39, 0.29) is 54.0 Å². The summed E-state index contributed by atoms with van der Waals surface area (Å²) in [6.07, 6.45) is 2.82. The summed E-state index contributed by atoms with van der Waals surface area (Å²) in [5, 5.41) is 9.19. The van der Waals surface area contributed by atoms with Gasteiger partial charge in [0.05, 0.1) is 17.6 Å². The highest BCUT2D eigenvalue weighted by molar-refractivity contribution is 7.89. The number of ether oxygens (including phenoxy) is 2. The number of amides is 1. The molecule has 0 spiro atoms. The number of piperazine rings is 1. The number of hydrogen-bond donors (Lipinski definition) is 0. The molecule has 174 valence electrons. The molecule has 0 saturated carbocycles. The summed E-state index contributed by atoms with van der Waals surface area (Å²) in [5.74, 6) is -0.344. The summed E-state index contributed by atoms with van der Waals surface area (Å²) in [6, 6.07) is 12.1. The van der Waals surface area contributed by atoms with Crippen LogP contribution in [0, 0.1) is 11.3 Å². The first-order valence-corrected chi connectivity index (χ1v) is 11.3. The van der Waals surface area contributed by atoms with E-state index < -0.39 is 16.6 Å². The van der Waals surface area contributed by atoms with Crippen LogP contribution in [0.5, 0.6) is 11.5 Å². The van der Waals surface area contributed by atoms with E-state index in [2.05, 4.69) is 4.74 Å². The fourth-order valence-electron chi connectivity index (χ4n) is 3.33. The van der Waals surface area contributed by atoms with Gasteiger partial charge in [-0.15, -0.1) is 0 Å². The van der Waals surface area contributed by atoms with Gasteiger partial charge in [0.1, 0.15) is 6.07 Å². The van der Waals surface area contributed by atoms with E-state index in [1.54, 1.807) is 12.1 Å². The van der Waals surface area contributed by atoms with Crippen molar-refractivity contribution in [3.05, 3.63) is 59.7 Å². The molecule has 1 aliphatic heterocycles. The van der Waals surface area contributed by atoms with Gasteiger partial charge in [0, 0.05) is 32.3 Å². The summed E-state index contributed by atoms with van der Waals surface area (Å²) in [7, 11) is -2.54. The Morgan fingerprint density at radius 3 is 2.45 bits per heavy atom. The van der Waals surface area contributed by atoms with Crippen LogP contribution in [-0.2, 0) is 14.8 Å². The Bertz CT molecular complexity index is 1190. The molecule has 1 heterocycles. The third-order valence-electron chi connectivity index (χ3n) is 5.00. The number of alkyl halides is 2. The molecule has 0 N–H and O–H groups in total. The number of halogens is 2. The van der Waals surface area contributed by atoms with E-state index in [4.69, 9.17) is 4.74 Å². The molecule has 8 nitrogen and oxygen atoms in total. The molecule has 0 aromatic heterocycles. The van der Waals surface area contributed by atoms with Crippen molar-refractivity contribution in [2.24, 2.45) is 0 Å². The highest BCUT2D eigenvalue weighted by Crippen LogP contribution is 2.30. The zero-order valence-electron chi connectivity index (χ0n) is 17.6. The predicted octanol–water partition coefficient (Wildman–Crippen LogP) is 2.71. The van der Waals surface area contributed by atoms with Crippen LogP contribution in [-0.4, -0.2) is 63.4 Å². The maximum absolute atomic E-state index is 12.9. The molecule has 0 atom stereocenters. The van der Waals surface area contributed by atoms with E-state index in [1.165, 1.54) is 58.8 Å². The van der Waals surface area contributed by atoms with Gasteiger partial charge >= 0.3 is 6.61 Å². The van der Waals surface area contributed by atoms with E-state index in [0.717, 1.165) is 0 Å². The van der Waals surface area contributed by atoms with E-state index >= 15 is 0 Å². The van der Waals surface area contributed by atoms with Crippen LogP contribution >= 0.6 is 0 Å². The molecular formula is C22H21F2N3O5S. The predicted molar refractivity (Wildman–Crippen MR) is 115 cm³/mol. The van der Waals surface area contributed by atoms with Gasteiger partial charge in [0.2, 0.25) is 15.9 Å². The summed E-state index contributed by atoms with van der Waals surface area (Å²) in [4.78, 5) is 14.0. The first kappa shape index (κ1) is 24.2. The minimum absolute atomic E-state index is 0.0552. The van der Waals surface area contributed by atoms with Crippen LogP contribution in [0.4, 0.5) is 8.78 Å². The van der Waals surface area contributed by atoms with Crippen molar-refractivity contribution in [2.45, 2.75) is 11.5 Å². The van der Waals surface area contributed by atoms with Crippen molar-refractivity contribution in [3.8, 4) is 17.6 Å². The number of carbonyl (C=O) groups excluding carboxylic acids is 1. The molecule has 3 rings (SSSR count). The highest BCUT2D eigenvalue weighted by Gasteiger charge is 2.31. The Morgan fingerprint density at radius 2 is 1.82 bits per heavy atom. The molecule has 1 amide bonds. The highest BCUT2D eigenvalue weighted by atomic mass is 32.2. The Morgan fingerprint density at radius 1 is 1.12 bits per heavy atom. The first-order chi connectivity index (χ1) is 15.8. The maximum atomic E-state index is 12.9. The monoisotopic (exact) mass is 477 g/mol. The van der Waals surface area contributed by atoms with Crippen LogP contribution in [0.15, 0.2) is 53.4 Å². The number of rotatable bonds is 7. The maximum Gasteiger partial charge on any atom is 0.387 e. The van der Waals surface area contributed by atoms with Crippen LogP contribution in [0.25, 0.3) is 6.08 Å². The minimum Gasteiger partial charge on any atom is -0.493 e. The third kappa shape index (κ3) is 5.66. The van der Waals surface area contributed by atoms with Crippen molar-refractivity contribution >= 4 is 22.0 Å². The van der Waals surface area contributed by atoms with Crippen molar-refractivity contribution in [1.82, 2.24) is 9.21 Å². The molecular weight excluding hydrogens is 456 g/mol. The molecule has 0 radical (unpaired) electrons. The normalized spacial score (nSPS) is 14.9. The number of nitriles is 1. The van der Waals surface area contributed by atoms with Gasteiger partial charge in [0.25, 0.3) is 0 Å². The molecule has 11 heteroatoms. The molecule has 0 aliphatic carbocycles. The second kappa shape index (κ2) is 10.4.